The quantitative estimate of drug-likeness (QED) is 0.818. The fourth-order valence-corrected chi connectivity index (χ4v) is 1.98. The highest BCUT2D eigenvalue weighted by molar-refractivity contribution is 7.10. The Hall–Kier alpha value is -1.32. The molecule has 0 fully saturated rings. The Kier molecular flexibility index (Phi) is 4.52. The average molecular weight is 240 g/mol. The zero-order valence-electron chi connectivity index (χ0n) is 9.65. The highest BCUT2D eigenvalue weighted by atomic mass is 32.1. The van der Waals surface area contributed by atoms with E-state index in [-0.39, 0.29) is 11.9 Å². The Morgan fingerprint density at radius 1 is 1.62 bits per heavy atom. The number of methoxy groups -OCH3 is 1. The van der Waals surface area contributed by atoms with E-state index in [2.05, 4.69) is 23.5 Å². The Morgan fingerprint density at radius 3 is 2.81 bits per heavy atom. The molecule has 1 atom stereocenters. The summed E-state index contributed by atoms with van der Waals surface area (Å²) in [4.78, 5) is 0. The molecule has 6 heteroatoms. The van der Waals surface area contributed by atoms with Crippen molar-refractivity contribution in [1.29, 1.82) is 5.26 Å². The number of hydrogen-bond acceptors (Lipinski definition) is 6. The Balaban J connectivity index is 2.81. The largest absolute Gasteiger partial charge is 0.383 e. The van der Waals surface area contributed by atoms with Gasteiger partial charge in [-0.05, 0) is 17.5 Å². The molecule has 1 unspecified atom stereocenters. The molecule has 1 heterocycles. The van der Waals surface area contributed by atoms with E-state index in [0.29, 0.717) is 18.1 Å². The number of hydrogen-bond donors (Lipinski definition) is 2. The average Bonchev–Trinajstić information content (AvgIpc) is 2.58. The predicted octanol–water partition coefficient (Wildman–Crippen LogP) is 1.68. The van der Waals surface area contributed by atoms with Gasteiger partial charge in [-0.25, -0.2) is 0 Å². The number of anilines is 2. The molecule has 0 aromatic carbocycles. The molecule has 0 saturated heterocycles. The van der Waals surface area contributed by atoms with Crippen molar-refractivity contribution in [2.45, 2.75) is 19.9 Å². The van der Waals surface area contributed by atoms with Gasteiger partial charge in [-0.3, -0.25) is 0 Å². The van der Waals surface area contributed by atoms with Crippen LogP contribution < -0.4 is 11.1 Å². The van der Waals surface area contributed by atoms with E-state index in [1.54, 1.807) is 7.11 Å². The summed E-state index contributed by atoms with van der Waals surface area (Å²) in [5.41, 5.74) is 6.01. The van der Waals surface area contributed by atoms with Gasteiger partial charge in [-0.15, -0.1) is 0 Å². The van der Waals surface area contributed by atoms with Crippen LogP contribution in [-0.4, -0.2) is 24.1 Å². The van der Waals surface area contributed by atoms with Crippen molar-refractivity contribution in [3.8, 4) is 6.07 Å². The molecular formula is C10H16N4OS. The van der Waals surface area contributed by atoms with Crippen LogP contribution in [-0.2, 0) is 4.74 Å². The maximum absolute atomic E-state index is 8.93. The van der Waals surface area contributed by atoms with Crippen LogP contribution in [0.5, 0.6) is 0 Å². The summed E-state index contributed by atoms with van der Waals surface area (Å²) in [6.45, 7) is 4.76. The van der Waals surface area contributed by atoms with Gasteiger partial charge in [0.1, 0.15) is 16.6 Å². The lowest BCUT2D eigenvalue weighted by atomic mass is 10.1. The predicted molar refractivity (Wildman–Crippen MR) is 65.4 cm³/mol. The SMILES string of the molecule is COCC(Nc1snc(N)c1C#N)C(C)C. The van der Waals surface area contributed by atoms with Gasteiger partial charge in [0.25, 0.3) is 0 Å². The first-order chi connectivity index (χ1) is 7.60. The van der Waals surface area contributed by atoms with Crippen molar-refractivity contribution in [2.24, 2.45) is 5.92 Å². The molecule has 0 amide bonds. The van der Waals surface area contributed by atoms with Crippen LogP contribution in [0, 0.1) is 17.2 Å². The van der Waals surface area contributed by atoms with Crippen molar-refractivity contribution in [2.75, 3.05) is 24.8 Å². The molecule has 3 N–H and O–H groups in total. The van der Waals surface area contributed by atoms with Crippen LogP contribution in [0.2, 0.25) is 0 Å². The van der Waals surface area contributed by atoms with Crippen molar-refractivity contribution < 1.29 is 4.74 Å². The topological polar surface area (TPSA) is 84.0 Å². The van der Waals surface area contributed by atoms with Gasteiger partial charge in [0.2, 0.25) is 0 Å². The molecule has 0 spiro atoms. The van der Waals surface area contributed by atoms with Crippen LogP contribution in [0.1, 0.15) is 19.4 Å². The minimum absolute atomic E-state index is 0.150. The molecule has 0 aliphatic rings. The van der Waals surface area contributed by atoms with E-state index >= 15 is 0 Å². The van der Waals surface area contributed by atoms with Gasteiger partial charge >= 0.3 is 0 Å². The standard InChI is InChI=1S/C10H16N4OS/c1-6(2)8(5-15-3)13-10-7(4-11)9(12)14-16-10/h6,8,13H,5H2,1-3H3,(H2,12,14). The summed E-state index contributed by atoms with van der Waals surface area (Å²) in [5, 5.41) is 12.9. The maximum Gasteiger partial charge on any atom is 0.157 e. The van der Waals surface area contributed by atoms with Crippen LogP contribution in [0.4, 0.5) is 10.8 Å². The molecule has 5 nitrogen and oxygen atoms in total. The fraction of sp³-hybridized carbons (Fsp3) is 0.600. The lowest BCUT2D eigenvalue weighted by Gasteiger charge is -2.21. The second kappa shape index (κ2) is 5.68. The zero-order chi connectivity index (χ0) is 12.1. The van der Waals surface area contributed by atoms with Crippen LogP contribution in [0.15, 0.2) is 0 Å². The van der Waals surface area contributed by atoms with Crippen molar-refractivity contribution >= 4 is 22.4 Å². The summed E-state index contributed by atoms with van der Waals surface area (Å²) in [6.07, 6.45) is 0. The first kappa shape index (κ1) is 12.7. The summed E-state index contributed by atoms with van der Waals surface area (Å²) >= 11 is 1.21. The van der Waals surface area contributed by atoms with E-state index in [1.807, 2.05) is 6.07 Å². The first-order valence-corrected chi connectivity index (χ1v) is 5.78. The zero-order valence-corrected chi connectivity index (χ0v) is 10.5. The second-order valence-electron chi connectivity index (χ2n) is 3.83. The lowest BCUT2D eigenvalue weighted by molar-refractivity contribution is 0.171. The second-order valence-corrected chi connectivity index (χ2v) is 4.61. The molecule has 88 valence electrons. The molecule has 0 saturated carbocycles. The number of nitrogens with one attached hydrogen (secondary N) is 1. The molecule has 1 aromatic rings. The fourth-order valence-electron chi connectivity index (χ4n) is 1.26. The minimum Gasteiger partial charge on any atom is -0.383 e. The summed E-state index contributed by atoms with van der Waals surface area (Å²) in [5.74, 6) is 0.685. The summed E-state index contributed by atoms with van der Waals surface area (Å²) < 4.78 is 9.08. The highest BCUT2D eigenvalue weighted by Gasteiger charge is 2.18. The van der Waals surface area contributed by atoms with Gasteiger partial charge < -0.3 is 15.8 Å². The van der Waals surface area contributed by atoms with E-state index in [0.717, 1.165) is 5.00 Å². The molecule has 0 aliphatic carbocycles. The van der Waals surface area contributed by atoms with Crippen molar-refractivity contribution in [3.63, 3.8) is 0 Å². The Labute approximate surface area is 99.4 Å². The number of aromatic nitrogens is 1. The van der Waals surface area contributed by atoms with Gasteiger partial charge in [0.05, 0.1) is 12.6 Å². The lowest BCUT2D eigenvalue weighted by Crippen LogP contribution is -2.30. The number of rotatable bonds is 5. The number of nitriles is 1. The summed E-state index contributed by atoms with van der Waals surface area (Å²) in [6, 6.07) is 2.20. The van der Waals surface area contributed by atoms with E-state index in [1.165, 1.54) is 11.5 Å². The van der Waals surface area contributed by atoms with Crippen molar-refractivity contribution in [3.05, 3.63) is 5.56 Å². The number of nitrogen functional groups attached to an aromatic ring is 1. The summed E-state index contributed by atoms with van der Waals surface area (Å²) in [7, 11) is 1.66. The van der Waals surface area contributed by atoms with Gasteiger partial charge in [0.15, 0.2) is 5.82 Å². The molecule has 16 heavy (non-hydrogen) atoms. The third-order valence-corrected chi connectivity index (χ3v) is 3.09. The number of nitrogens with zero attached hydrogens (tertiary/aromatic N) is 2. The van der Waals surface area contributed by atoms with Crippen molar-refractivity contribution in [1.82, 2.24) is 4.37 Å². The highest BCUT2D eigenvalue weighted by Crippen LogP contribution is 2.27. The maximum atomic E-state index is 8.93. The third-order valence-electron chi connectivity index (χ3n) is 2.30. The van der Waals surface area contributed by atoms with E-state index < -0.39 is 0 Å². The van der Waals surface area contributed by atoms with Crippen LogP contribution in [0.3, 0.4) is 0 Å². The smallest absolute Gasteiger partial charge is 0.157 e. The third kappa shape index (κ3) is 2.84. The van der Waals surface area contributed by atoms with Gasteiger partial charge in [-0.1, -0.05) is 13.8 Å². The van der Waals surface area contributed by atoms with Crippen LogP contribution in [0.25, 0.3) is 0 Å². The van der Waals surface area contributed by atoms with Gasteiger partial charge in [-0.2, -0.15) is 9.64 Å². The molecule has 0 aliphatic heterocycles. The van der Waals surface area contributed by atoms with Gasteiger partial charge in [0, 0.05) is 7.11 Å². The molecule has 1 aromatic heterocycles. The Bertz CT molecular complexity index is 383. The first-order valence-electron chi connectivity index (χ1n) is 5.00. The van der Waals surface area contributed by atoms with E-state index in [9.17, 15) is 0 Å². The molecule has 1 rings (SSSR count). The number of nitrogens with two attached hydrogens (primary N) is 1. The minimum atomic E-state index is 0.150. The molecular weight excluding hydrogens is 224 g/mol. The van der Waals surface area contributed by atoms with Crippen LogP contribution >= 0.6 is 11.5 Å². The van der Waals surface area contributed by atoms with E-state index in [4.69, 9.17) is 15.7 Å². The molecule has 0 bridgehead atoms. The number of ether oxygens (including phenoxy) is 1. The monoisotopic (exact) mass is 240 g/mol. The Morgan fingerprint density at radius 2 is 2.31 bits per heavy atom. The normalized spacial score (nSPS) is 12.4. The molecule has 0 radical (unpaired) electrons.